The first kappa shape index (κ1) is 22.2. The lowest BCUT2D eigenvalue weighted by Gasteiger charge is -2.30. The van der Waals surface area contributed by atoms with Gasteiger partial charge >= 0.3 is 0 Å². The molecule has 3 amide bonds. The van der Waals surface area contributed by atoms with E-state index in [0.29, 0.717) is 37.3 Å². The Morgan fingerprint density at radius 3 is 2.35 bits per heavy atom. The van der Waals surface area contributed by atoms with E-state index in [-0.39, 0.29) is 30.2 Å². The van der Waals surface area contributed by atoms with Gasteiger partial charge in [-0.15, -0.1) is 0 Å². The van der Waals surface area contributed by atoms with E-state index in [9.17, 15) is 14.4 Å². The van der Waals surface area contributed by atoms with Crippen molar-refractivity contribution in [2.24, 2.45) is 5.92 Å². The van der Waals surface area contributed by atoms with Crippen LogP contribution in [0.1, 0.15) is 18.4 Å². The number of ether oxygens (including phenoxy) is 1. The van der Waals surface area contributed by atoms with E-state index < -0.39 is 0 Å². The van der Waals surface area contributed by atoms with Gasteiger partial charge in [0.25, 0.3) is 0 Å². The normalized spacial score (nSPS) is 14.4. The number of hydrogen-bond donors (Lipinski definition) is 2. The van der Waals surface area contributed by atoms with Crippen LogP contribution in [0.15, 0.2) is 60.7 Å². The SMILES string of the molecule is COCC(=O)Nc1cccc(NC(=O)C2CCN(C(=O)/C=C/c3ccccc3)CC2)c1. The van der Waals surface area contributed by atoms with Crippen LogP contribution in [0.2, 0.25) is 0 Å². The third kappa shape index (κ3) is 6.79. The molecule has 0 spiro atoms. The van der Waals surface area contributed by atoms with Gasteiger partial charge in [0, 0.05) is 43.6 Å². The van der Waals surface area contributed by atoms with Gasteiger partial charge in [-0.1, -0.05) is 36.4 Å². The van der Waals surface area contributed by atoms with Gasteiger partial charge in [-0.05, 0) is 42.7 Å². The fraction of sp³-hybridized carbons (Fsp3) is 0.292. The van der Waals surface area contributed by atoms with Crippen LogP contribution in [0.25, 0.3) is 6.08 Å². The average molecular weight is 421 g/mol. The minimum atomic E-state index is -0.260. The van der Waals surface area contributed by atoms with Gasteiger partial charge in [-0.3, -0.25) is 14.4 Å². The van der Waals surface area contributed by atoms with Crippen molar-refractivity contribution in [2.45, 2.75) is 12.8 Å². The van der Waals surface area contributed by atoms with Gasteiger partial charge in [0.05, 0.1) is 0 Å². The first-order valence-electron chi connectivity index (χ1n) is 10.3. The van der Waals surface area contributed by atoms with Crippen LogP contribution in [0.5, 0.6) is 0 Å². The Hall–Kier alpha value is -3.45. The maximum Gasteiger partial charge on any atom is 0.250 e. The number of methoxy groups -OCH3 is 1. The van der Waals surface area contributed by atoms with Crippen LogP contribution >= 0.6 is 0 Å². The molecule has 0 aromatic heterocycles. The summed E-state index contributed by atoms with van der Waals surface area (Å²) in [5.74, 6) is -0.535. The fourth-order valence-corrected chi connectivity index (χ4v) is 3.45. The molecule has 3 rings (SSSR count). The van der Waals surface area contributed by atoms with Crippen molar-refractivity contribution in [1.29, 1.82) is 0 Å². The molecule has 2 aromatic carbocycles. The number of carbonyl (C=O) groups is 3. The Morgan fingerprint density at radius 2 is 1.68 bits per heavy atom. The molecule has 0 aliphatic carbocycles. The molecule has 0 atom stereocenters. The number of anilines is 2. The molecule has 7 nitrogen and oxygen atoms in total. The van der Waals surface area contributed by atoms with Gasteiger partial charge in [0.2, 0.25) is 17.7 Å². The number of likely N-dealkylation sites (tertiary alicyclic amines) is 1. The first-order valence-corrected chi connectivity index (χ1v) is 10.3. The standard InChI is InChI=1S/C24H27N3O4/c1-31-17-22(28)25-20-8-5-9-21(16-20)26-24(30)19-12-14-27(15-13-19)23(29)11-10-18-6-3-2-4-7-18/h2-11,16,19H,12-15,17H2,1H3,(H,25,28)(H,26,30)/b11-10+. The molecular weight excluding hydrogens is 394 g/mol. The highest BCUT2D eigenvalue weighted by Crippen LogP contribution is 2.21. The number of piperidine rings is 1. The second kappa shape index (κ2) is 11.1. The van der Waals surface area contributed by atoms with Crippen molar-refractivity contribution in [3.63, 3.8) is 0 Å². The summed E-state index contributed by atoms with van der Waals surface area (Å²) in [7, 11) is 1.45. The monoisotopic (exact) mass is 421 g/mol. The highest BCUT2D eigenvalue weighted by Gasteiger charge is 2.26. The highest BCUT2D eigenvalue weighted by molar-refractivity contribution is 5.96. The average Bonchev–Trinajstić information content (AvgIpc) is 2.78. The van der Waals surface area contributed by atoms with Crippen molar-refractivity contribution < 1.29 is 19.1 Å². The summed E-state index contributed by atoms with van der Waals surface area (Å²) in [4.78, 5) is 38.5. The van der Waals surface area contributed by atoms with Crippen molar-refractivity contribution in [3.05, 3.63) is 66.2 Å². The third-order valence-corrected chi connectivity index (χ3v) is 5.08. The largest absolute Gasteiger partial charge is 0.375 e. The van der Waals surface area contributed by atoms with E-state index in [1.807, 2.05) is 30.3 Å². The summed E-state index contributed by atoms with van der Waals surface area (Å²) >= 11 is 0. The zero-order valence-electron chi connectivity index (χ0n) is 17.5. The predicted octanol–water partition coefficient (Wildman–Crippen LogP) is 3.16. The van der Waals surface area contributed by atoms with E-state index in [2.05, 4.69) is 10.6 Å². The van der Waals surface area contributed by atoms with Crippen LogP contribution < -0.4 is 10.6 Å². The van der Waals surface area contributed by atoms with E-state index in [1.165, 1.54) is 7.11 Å². The van der Waals surface area contributed by atoms with Crippen molar-refractivity contribution >= 4 is 35.2 Å². The molecule has 31 heavy (non-hydrogen) atoms. The molecule has 1 aliphatic heterocycles. The number of amides is 3. The molecule has 0 bridgehead atoms. The van der Waals surface area contributed by atoms with Crippen LogP contribution in [-0.4, -0.2) is 49.4 Å². The summed E-state index contributed by atoms with van der Waals surface area (Å²) in [5, 5.41) is 5.62. The minimum Gasteiger partial charge on any atom is -0.375 e. The molecule has 1 aliphatic rings. The van der Waals surface area contributed by atoms with Gasteiger partial charge in [-0.2, -0.15) is 0 Å². The van der Waals surface area contributed by atoms with Crippen LogP contribution in [0.4, 0.5) is 11.4 Å². The Labute approximate surface area is 182 Å². The van der Waals surface area contributed by atoms with Crippen LogP contribution in [0, 0.1) is 5.92 Å². The summed E-state index contributed by atoms with van der Waals surface area (Å²) in [6.45, 7) is 1.06. The van der Waals surface area contributed by atoms with Crippen molar-refractivity contribution in [2.75, 3.05) is 37.4 Å². The number of benzene rings is 2. The molecule has 2 aromatic rings. The lowest BCUT2D eigenvalue weighted by Crippen LogP contribution is -2.40. The highest BCUT2D eigenvalue weighted by atomic mass is 16.5. The van der Waals surface area contributed by atoms with Gasteiger partial charge in [-0.25, -0.2) is 0 Å². The Bertz CT molecular complexity index is 935. The topological polar surface area (TPSA) is 87.7 Å². The summed E-state index contributed by atoms with van der Waals surface area (Å²) < 4.78 is 4.80. The van der Waals surface area contributed by atoms with Gasteiger partial charge < -0.3 is 20.3 Å². The number of carbonyl (C=O) groups excluding carboxylic acids is 3. The number of rotatable bonds is 7. The molecule has 162 valence electrons. The molecule has 1 saturated heterocycles. The molecule has 1 heterocycles. The summed E-state index contributed by atoms with van der Waals surface area (Å²) in [6.07, 6.45) is 4.61. The quantitative estimate of drug-likeness (QED) is 0.673. The van der Waals surface area contributed by atoms with Crippen LogP contribution in [0.3, 0.4) is 0 Å². The Morgan fingerprint density at radius 1 is 1.00 bits per heavy atom. The van der Waals surface area contributed by atoms with E-state index in [0.717, 1.165) is 5.56 Å². The fourth-order valence-electron chi connectivity index (χ4n) is 3.45. The van der Waals surface area contributed by atoms with Crippen LogP contribution in [-0.2, 0) is 19.1 Å². The molecule has 0 unspecified atom stereocenters. The van der Waals surface area contributed by atoms with Crippen molar-refractivity contribution in [1.82, 2.24) is 4.90 Å². The third-order valence-electron chi connectivity index (χ3n) is 5.08. The number of nitrogens with one attached hydrogen (secondary N) is 2. The zero-order valence-corrected chi connectivity index (χ0v) is 17.5. The second-order valence-electron chi connectivity index (χ2n) is 7.39. The van der Waals surface area contributed by atoms with E-state index in [1.54, 1.807) is 41.3 Å². The molecule has 2 N–H and O–H groups in total. The summed E-state index contributed by atoms with van der Waals surface area (Å²) in [5.41, 5.74) is 2.18. The van der Waals surface area contributed by atoms with E-state index >= 15 is 0 Å². The smallest absolute Gasteiger partial charge is 0.250 e. The molecule has 0 saturated carbocycles. The Balaban J connectivity index is 1.48. The second-order valence-corrected chi connectivity index (χ2v) is 7.39. The zero-order chi connectivity index (χ0) is 22.1. The summed E-state index contributed by atoms with van der Waals surface area (Å²) in [6, 6.07) is 16.7. The first-order chi connectivity index (χ1) is 15.0. The predicted molar refractivity (Wildman–Crippen MR) is 120 cm³/mol. The maximum atomic E-state index is 12.7. The minimum absolute atomic E-state index is 0.0333. The van der Waals surface area contributed by atoms with Gasteiger partial charge in [0.1, 0.15) is 6.61 Å². The maximum absolute atomic E-state index is 12.7. The molecule has 7 heteroatoms. The van der Waals surface area contributed by atoms with Crippen molar-refractivity contribution in [3.8, 4) is 0 Å². The molecule has 1 fully saturated rings. The number of hydrogen-bond acceptors (Lipinski definition) is 4. The lowest BCUT2D eigenvalue weighted by atomic mass is 9.95. The van der Waals surface area contributed by atoms with E-state index in [4.69, 9.17) is 4.74 Å². The lowest BCUT2D eigenvalue weighted by molar-refractivity contribution is -0.130. The Kier molecular flexibility index (Phi) is 7.95. The number of nitrogens with zero attached hydrogens (tertiary/aromatic N) is 1. The molecular formula is C24H27N3O4. The van der Waals surface area contributed by atoms with Gasteiger partial charge in [0.15, 0.2) is 0 Å². The molecule has 0 radical (unpaired) electrons.